The molecule has 4 rings (SSSR count). The van der Waals surface area contributed by atoms with Crippen LogP contribution in [0.2, 0.25) is 0 Å². The summed E-state index contributed by atoms with van der Waals surface area (Å²) in [6.45, 7) is 3.25. The number of nitrogens with zero attached hydrogens (tertiary/aromatic N) is 1. The first-order valence-corrected chi connectivity index (χ1v) is 11.7. The summed E-state index contributed by atoms with van der Waals surface area (Å²) in [5.74, 6) is 0.462. The highest BCUT2D eigenvalue weighted by Gasteiger charge is 2.43. The molecule has 0 radical (unpaired) electrons. The van der Waals surface area contributed by atoms with Crippen molar-refractivity contribution in [2.45, 2.75) is 44.9 Å². The molecular weight excluding hydrogens is 528 g/mol. The summed E-state index contributed by atoms with van der Waals surface area (Å²) < 4.78 is 91.2. The number of alkyl halides is 6. The Morgan fingerprint density at radius 2 is 1.56 bits per heavy atom. The minimum Gasteiger partial charge on any atom is -0.496 e. The SMILES string of the molecule is COc1ccc(C=O)cc1-c1ccc(C)cc1CN1C(=O)O[C@H](c2cc(C(F)(F)F)cc(C(F)(F)F)c2)[C@@H]1C. The van der Waals surface area contributed by atoms with Crippen molar-refractivity contribution in [3.05, 3.63) is 88.0 Å². The van der Waals surface area contributed by atoms with Crippen LogP contribution >= 0.6 is 0 Å². The Bertz CT molecular complexity index is 1380. The average molecular weight is 551 g/mol. The number of rotatable bonds is 6. The van der Waals surface area contributed by atoms with Gasteiger partial charge in [0.05, 0.1) is 30.8 Å². The van der Waals surface area contributed by atoms with Crippen molar-refractivity contribution < 1.29 is 45.4 Å². The summed E-state index contributed by atoms with van der Waals surface area (Å²) in [5, 5.41) is 0. The first-order chi connectivity index (χ1) is 18.2. The number of cyclic esters (lactones) is 1. The van der Waals surface area contributed by atoms with Gasteiger partial charge in [-0.05, 0) is 66.9 Å². The van der Waals surface area contributed by atoms with Gasteiger partial charge in [0.1, 0.15) is 18.1 Å². The Kier molecular flexibility index (Phi) is 7.38. The lowest BCUT2D eigenvalue weighted by molar-refractivity contribution is -0.143. The van der Waals surface area contributed by atoms with E-state index in [1.165, 1.54) is 18.9 Å². The maximum absolute atomic E-state index is 13.4. The van der Waals surface area contributed by atoms with Gasteiger partial charge in [-0.2, -0.15) is 26.3 Å². The van der Waals surface area contributed by atoms with E-state index in [4.69, 9.17) is 9.47 Å². The number of hydrogen-bond donors (Lipinski definition) is 0. The second kappa shape index (κ2) is 10.3. The molecule has 0 saturated carbocycles. The number of ether oxygens (including phenoxy) is 2. The minimum absolute atomic E-state index is 0.0303. The lowest BCUT2D eigenvalue weighted by Crippen LogP contribution is -2.31. The molecule has 0 unspecified atom stereocenters. The molecule has 2 atom stereocenters. The lowest BCUT2D eigenvalue weighted by atomic mass is 9.94. The number of carbonyl (C=O) groups excluding carboxylic acids is 2. The Morgan fingerprint density at radius 3 is 2.13 bits per heavy atom. The van der Waals surface area contributed by atoms with E-state index in [1.807, 2.05) is 13.0 Å². The van der Waals surface area contributed by atoms with Crippen LogP contribution in [0.25, 0.3) is 11.1 Å². The highest BCUT2D eigenvalue weighted by atomic mass is 19.4. The third-order valence-corrected chi connectivity index (χ3v) is 6.58. The smallest absolute Gasteiger partial charge is 0.416 e. The van der Waals surface area contributed by atoms with Crippen molar-refractivity contribution in [3.63, 3.8) is 0 Å². The zero-order valence-electron chi connectivity index (χ0n) is 21.0. The lowest BCUT2D eigenvalue weighted by Gasteiger charge is -2.24. The van der Waals surface area contributed by atoms with Crippen molar-refractivity contribution in [3.8, 4) is 16.9 Å². The molecule has 0 bridgehead atoms. The molecule has 1 aliphatic rings. The molecule has 206 valence electrons. The molecule has 1 fully saturated rings. The molecule has 3 aromatic carbocycles. The maximum Gasteiger partial charge on any atom is 0.416 e. The van der Waals surface area contributed by atoms with E-state index in [2.05, 4.69) is 0 Å². The second-order valence-corrected chi connectivity index (χ2v) is 9.25. The van der Waals surface area contributed by atoms with Crippen LogP contribution in [0, 0.1) is 6.92 Å². The monoisotopic (exact) mass is 551 g/mol. The van der Waals surface area contributed by atoms with Gasteiger partial charge < -0.3 is 9.47 Å². The minimum atomic E-state index is -5.03. The molecule has 1 heterocycles. The molecule has 5 nitrogen and oxygen atoms in total. The van der Waals surface area contributed by atoms with Crippen LogP contribution in [0.1, 0.15) is 51.2 Å². The van der Waals surface area contributed by atoms with Crippen molar-refractivity contribution in [2.75, 3.05) is 7.11 Å². The third kappa shape index (κ3) is 5.71. The number of hydrogen-bond acceptors (Lipinski definition) is 4. The van der Waals surface area contributed by atoms with Gasteiger partial charge in [-0.15, -0.1) is 0 Å². The summed E-state index contributed by atoms with van der Waals surface area (Å²) in [7, 11) is 1.46. The number of amides is 1. The van der Waals surface area contributed by atoms with E-state index in [0.29, 0.717) is 46.4 Å². The molecule has 39 heavy (non-hydrogen) atoms. The van der Waals surface area contributed by atoms with Gasteiger partial charge in [-0.3, -0.25) is 9.69 Å². The predicted octanol–water partition coefficient (Wildman–Crippen LogP) is 7.60. The van der Waals surface area contributed by atoms with Crippen molar-refractivity contribution in [2.24, 2.45) is 0 Å². The number of methoxy groups -OCH3 is 1. The van der Waals surface area contributed by atoms with E-state index < -0.39 is 47.3 Å². The fraction of sp³-hybridized carbons (Fsp3) is 0.286. The molecule has 11 heteroatoms. The maximum atomic E-state index is 13.4. The van der Waals surface area contributed by atoms with Gasteiger partial charge in [0.15, 0.2) is 0 Å². The fourth-order valence-electron chi connectivity index (χ4n) is 4.61. The quantitative estimate of drug-likeness (QED) is 0.234. The van der Waals surface area contributed by atoms with Gasteiger partial charge in [0.25, 0.3) is 0 Å². The van der Waals surface area contributed by atoms with Crippen molar-refractivity contribution in [1.29, 1.82) is 0 Å². The number of benzene rings is 3. The summed E-state index contributed by atoms with van der Waals surface area (Å²) in [6, 6.07) is 10.5. The topological polar surface area (TPSA) is 55.8 Å². The largest absolute Gasteiger partial charge is 0.496 e. The van der Waals surface area contributed by atoms with E-state index in [-0.39, 0.29) is 12.6 Å². The van der Waals surface area contributed by atoms with E-state index >= 15 is 0 Å². The van der Waals surface area contributed by atoms with Crippen LogP contribution in [0.3, 0.4) is 0 Å². The number of carbonyl (C=O) groups is 2. The molecule has 0 aromatic heterocycles. The molecule has 0 N–H and O–H groups in total. The van der Waals surface area contributed by atoms with Gasteiger partial charge in [0.2, 0.25) is 0 Å². The number of aryl methyl sites for hydroxylation is 1. The van der Waals surface area contributed by atoms with Crippen LogP contribution in [-0.2, 0) is 23.6 Å². The molecule has 1 aliphatic heterocycles. The van der Waals surface area contributed by atoms with Gasteiger partial charge >= 0.3 is 18.4 Å². The molecule has 3 aromatic rings. The van der Waals surface area contributed by atoms with Gasteiger partial charge in [0, 0.05) is 11.1 Å². The molecule has 0 aliphatic carbocycles. The number of aldehydes is 1. The highest BCUT2D eigenvalue weighted by molar-refractivity contribution is 5.83. The molecular formula is C28H23F6NO4. The Hall–Kier alpha value is -4.02. The predicted molar refractivity (Wildman–Crippen MR) is 129 cm³/mol. The summed E-state index contributed by atoms with van der Waals surface area (Å²) in [5.41, 5.74) is -0.356. The molecule has 0 spiro atoms. The summed E-state index contributed by atoms with van der Waals surface area (Å²) >= 11 is 0. The second-order valence-electron chi connectivity index (χ2n) is 9.25. The Labute approximate surface area is 219 Å². The molecule has 1 saturated heterocycles. The first kappa shape index (κ1) is 28.0. The Balaban J connectivity index is 1.73. The van der Waals surface area contributed by atoms with Crippen molar-refractivity contribution >= 4 is 12.4 Å². The van der Waals surface area contributed by atoms with Gasteiger partial charge in [-0.25, -0.2) is 4.79 Å². The zero-order valence-corrected chi connectivity index (χ0v) is 21.0. The van der Waals surface area contributed by atoms with Crippen LogP contribution < -0.4 is 4.74 Å². The van der Waals surface area contributed by atoms with Crippen molar-refractivity contribution in [1.82, 2.24) is 4.90 Å². The van der Waals surface area contributed by atoms with Crippen LogP contribution in [0.5, 0.6) is 5.75 Å². The Morgan fingerprint density at radius 1 is 0.923 bits per heavy atom. The molecule has 1 amide bonds. The third-order valence-electron chi connectivity index (χ3n) is 6.58. The van der Waals surface area contributed by atoms with Crippen LogP contribution in [0.15, 0.2) is 54.6 Å². The van der Waals surface area contributed by atoms with E-state index in [0.717, 1.165) is 5.56 Å². The first-order valence-electron chi connectivity index (χ1n) is 11.7. The average Bonchev–Trinajstić information content (AvgIpc) is 3.15. The highest BCUT2D eigenvalue weighted by Crippen LogP contribution is 2.42. The zero-order chi connectivity index (χ0) is 28.7. The van der Waals surface area contributed by atoms with Gasteiger partial charge in [-0.1, -0.05) is 23.8 Å². The fourth-order valence-corrected chi connectivity index (χ4v) is 4.61. The summed E-state index contributed by atoms with van der Waals surface area (Å²) in [6.07, 6.45) is -11.7. The normalized spacial score (nSPS) is 17.8. The van der Waals surface area contributed by atoms with Crippen LogP contribution in [0.4, 0.5) is 31.1 Å². The number of halogens is 6. The van der Waals surface area contributed by atoms with E-state index in [1.54, 1.807) is 30.3 Å². The standard InChI is InChI=1S/C28H23F6NO4/c1-15-4-6-22(23-9-17(14-36)5-7-24(23)38-3)19(8-15)13-35-16(2)25(39-26(35)37)18-10-20(27(29,30)31)12-21(11-18)28(32,33)34/h4-12,14,16,25H,13H2,1-3H3/t16-,25-/m0/s1. The van der Waals surface area contributed by atoms with E-state index in [9.17, 15) is 35.9 Å². The summed E-state index contributed by atoms with van der Waals surface area (Å²) in [4.78, 5) is 25.5. The van der Waals surface area contributed by atoms with Crippen LogP contribution in [-0.4, -0.2) is 30.4 Å².